The Balaban J connectivity index is 1.32. The third-order valence-corrected chi connectivity index (χ3v) is 7.54. The molecule has 2 heterocycles. The summed E-state index contributed by atoms with van der Waals surface area (Å²) in [5, 5.41) is 0. The van der Waals surface area contributed by atoms with Crippen molar-refractivity contribution in [1.29, 1.82) is 0 Å². The maximum absolute atomic E-state index is 13.0. The molecule has 2 fully saturated rings. The highest BCUT2D eigenvalue weighted by Crippen LogP contribution is 2.27. The van der Waals surface area contributed by atoms with E-state index >= 15 is 0 Å². The molecule has 7 nitrogen and oxygen atoms in total. The molecule has 2 aliphatic rings. The number of sulfonamides is 1. The Kier molecular flexibility index (Phi) is 6.11. The highest BCUT2D eigenvalue weighted by molar-refractivity contribution is 7.89. The highest BCUT2D eigenvalue weighted by atomic mass is 32.2. The lowest BCUT2D eigenvalue weighted by atomic mass is 10.0. The van der Waals surface area contributed by atoms with Crippen LogP contribution in [-0.4, -0.2) is 50.8 Å². The van der Waals surface area contributed by atoms with Gasteiger partial charge in [0.1, 0.15) is 0 Å². The SMILES string of the molecule is Cc1ccc(S(=O)(=O)NC2CCN(C(=O)[C@H]3CC(=O)N(c4ccccc4)C3)CC2)cc1. The number of para-hydroxylation sites is 1. The summed E-state index contributed by atoms with van der Waals surface area (Å²) in [6.07, 6.45) is 1.33. The van der Waals surface area contributed by atoms with Gasteiger partial charge < -0.3 is 9.80 Å². The first-order valence-electron chi connectivity index (χ1n) is 10.6. The molecule has 1 N–H and O–H groups in total. The molecule has 31 heavy (non-hydrogen) atoms. The van der Waals surface area contributed by atoms with Crippen LogP contribution in [0.1, 0.15) is 24.8 Å². The number of nitrogens with one attached hydrogen (secondary N) is 1. The van der Waals surface area contributed by atoms with Crippen molar-refractivity contribution in [2.75, 3.05) is 24.5 Å². The van der Waals surface area contributed by atoms with Crippen molar-refractivity contribution in [2.45, 2.75) is 37.1 Å². The minimum atomic E-state index is -3.58. The second-order valence-electron chi connectivity index (χ2n) is 8.27. The van der Waals surface area contributed by atoms with Crippen LogP contribution in [0, 0.1) is 12.8 Å². The second kappa shape index (κ2) is 8.80. The van der Waals surface area contributed by atoms with E-state index in [-0.39, 0.29) is 35.1 Å². The van der Waals surface area contributed by atoms with E-state index in [1.165, 1.54) is 0 Å². The fourth-order valence-corrected chi connectivity index (χ4v) is 5.52. The smallest absolute Gasteiger partial charge is 0.240 e. The minimum absolute atomic E-state index is 0.0216. The van der Waals surface area contributed by atoms with E-state index < -0.39 is 10.0 Å². The molecule has 2 aromatic rings. The molecular weight excluding hydrogens is 414 g/mol. The number of hydrogen-bond acceptors (Lipinski definition) is 4. The quantitative estimate of drug-likeness (QED) is 0.772. The van der Waals surface area contributed by atoms with Gasteiger partial charge in [-0.25, -0.2) is 13.1 Å². The van der Waals surface area contributed by atoms with Crippen molar-refractivity contribution >= 4 is 27.5 Å². The van der Waals surface area contributed by atoms with Gasteiger partial charge in [0, 0.05) is 37.8 Å². The van der Waals surface area contributed by atoms with E-state index in [4.69, 9.17) is 0 Å². The van der Waals surface area contributed by atoms with Crippen LogP contribution >= 0.6 is 0 Å². The summed E-state index contributed by atoms with van der Waals surface area (Å²) in [6.45, 7) is 3.26. The van der Waals surface area contributed by atoms with Gasteiger partial charge >= 0.3 is 0 Å². The zero-order chi connectivity index (χ0) is 22.0. The number of carbonyl (C=O) groups is 2. The van der Waals surface area contributed by atoms with Gasteiger partial charge in [-0.1, -0.05) is 35.9 Å². The predicted molar refractivity (Wildman–Crippen MR) is 118 cm³/mol. The number of aryl methyl sites for hydroxylation is 1. The monoisotopic (exact) mass is 441 g/mol. The maximum atomic E-state index is 13.0. The van der Waals surface area contributed by atoms with Gasteiger partial charge in [-0.3, -0.25) is 9.59 Å². The van der Waals surface area contributed by atoms with Crippen LogP contribution < -0.4 is 9.62 Å². The summed E-state index contributed by atoms with van der Waals surface area (Å²) in [6, 6.07) is 15.9. The standard InChI is InChI=1S/C23H27N3O4S/c1-17-7-9-21(10-8-17)31(29,30)24-19-11-13-25(14-12-19)23(28)18-15-22(27)26(16-18)20-5-3-2-4-6-20/h2-10,18-19,24H,11-16H2,1H3/t18-/m0/s1. The summed E-state index contributed by atoms with van der Waals surface area (Å²) in [4.78, 5) is 29.1. The number of rotatable bonds is 5. The molecule has 0 aliphatic carbocycles. The molecule has 2 saturated heterocycles. The number of nitrogens with zero attached hydrogens (tertiary/aromatic N) is 2. The Morgan fingerprint density at radius 3 is 2.29 bits per heavy atom. The van der Waals surface area contributed by atoms with E-state index in [9.17, 15) is 18.0 Å². The Morgan fingerprint density at radius 2 is 1.65 bits per heavy atom. The van der Waals surface area contributed by atoms with Gasteiger partial charge in [0.05, 0.1) is 10.8 Å². The first-order valence-corrected chi connectivity index (χ1v) is 12.0. The van der Waals surface area contributed by atoms with Crippen LogP contribution in [0.25, 0.3) is 0 Å². The lowest BCUT2D eigenvalue weighted by Gasteiger charge is -2.33. The molecule has 0 bridgehead atoms. The largest absolute Gasteiger partial charge is 0.342 e. The summed E-state index contributed by atoms with van der Waals surface area (Å²) in [7, 11) is -3.58. The highest BCUT2D eigenvalue weighted by Gasteiger charge is 2.38. The first-order chi connectivity index (χ1) is 14.8. The molecule has 2 aromatic carbocycles. The number of hydrogen-bond donors (Lipinski definition) is 1. The maximum Gasteiger partial charge on any atom is 0.240 e. The summed E-state index contributed by atoms with van der Waals surface area (Å²) in [5.41, 5.74) is 1.81. The van der Waals surface area contributed by atoms with Crippen LogP contribution in [-0.2, 0) is 19.6 Å². The van der Waals surface area contributed by atoms with Crippen molar-refractivity contribution in [1.82, 2.24) is 9.62 Å². The number of amides is 2. The molecule has 0 radical (unpaired) electrons. The molecule has 2 amide bonds. The summed E-state index contributed by atoms with van der Waals surface area (Å²) in [5.74, 6) is -0.412. The Bertz CT molecular complexity index is 1050. The number of anilines is 1. The Hall–Kier alpha value is -2.71. The molecule has 8 heteroatoms. The second-order valence-corrected chi connectivity index (χ2v) is 9.99. The van der Waals surface area contributed by atoms with E-state index in [1.807, 2.05) is 37.3 Å². The van der Waals surface area contributed by atoms with Crippen molar-refractivity contribution in [3.8, 4) is 0 Å². The summed E-state index contributed by atoms with van der Waals surface area (Å²) >= 11 is 0. The van der Waals surface area contributed by atoms with Crippen molar-refractivity contribution in [3.05, 3.63) is 60.2 Å². The van der Waals surface area contributed by atoms with Gasteiger partial charge in [0.15, 0.2) is 0 Å². The van der Waals surface area contributed by atoms with Gasteiger partial charge in [-0.05, 0) is 44.0 Å². The summed E-state index contributed by atoms with van der Waals surface area (Å²) < 4.78 is 28.0. The van der Waals surface area contributed by atoms with E-state index in [2.05, 4.69) is 4.72 Å². The number of likely N-dealkylation sites (tertiary alicyclic amines) is 1. The molecule has 0 spiro atoms. The zero-order valence-electron chi connectivity index (χ0n) is 17.5. The van der Waals surface area contributed by atoms with Crippen molar-refractivity contribution in [3.63, 3.8) is 0 Å². The van der Waals surface area contributed by atoms with Crippen LogP contribution in [0.15, 0.2) is 59.5 Å². The van der Waals surface area contributed by atoms with Crippen LogP contribution in [0.2, 0.25) is 0 Å². The number of carbonyl (C=O) groups excluding carboxylic acids is 2. The van der Waals surface area contributed by atoms with Crippen LogP contribution in [0.4, 0.5) is 5.69 Å². The third-order valence-electron chi connectivity index (χ3n) is 6.00. The zero-order valence-corrected chi connectivity index (χ0v) is 18.3. The molecular formula is C23H27N3O4S. The lowest BCUT2D eigenvalue weighted by molar-refractivity contribution is -0.136. The average molecular weight is 442 g/mol. The van der Waals surface area contributed by atoms with Crippen molar-refractivity contribution < 1.29 is 18.0 Å². The number of piperidine rings is 1. The molecule has 2 aliphatic heterocycles. The molecule has 4 rings (SSSR count). The van der Waals surface area contributed by atoms with Gasteiger partial charge in [0.2, 0.25) is 21.8 Å². The van der Waals surface area contributed by atoms with Crippen LogP contribution in [0.3, 0.4) is 0 Å². The van der Waals surface area contributed by atoms with E-state index in [0.29, 0.717) is 32.5 Å². The van der Waals surface area contributed by atoms with Gasteiger partial charge in [0.25, 0.3) is 0 Å². The predicted octanol–water partition coefficient (Wildman–Crippen LogP) is 2.32. The Labute approximate surface area is 183 Å². The molecule has 0 aromatic heterocycles. The third kappa shape index (κ3) is 4.80. The first kappa shape index (κ1) is 21.5. The minimum Gasteiger partial charge on any atom is -0.342 e. The number of benzene rings is 2. The van der Waals surface area contributed by atoms with E-state index in [0.717, 1.165) is 11.3 Å². The fraction of sp³-hybridized carbons (Fsp3) is 0.391. The molecule has 1 atom stereocenters. The average Bonchev–Trinajstić information content (AvgIpc) is 3.16. The topological polar surface area (TPSA) is 86.8 Å². The molecule has 164 valence electrons. The molecule has 0 unspecified atom stereocenters. The van der Waals surface area contributed by atoms with Gasteiger partial charge in [-0.15, -0.1) is 0 Å². The Morgan fingerprint density at radius 1 is 1.00 bits per heavy atom. The van der Waals surface area contributed by atoms with Crippen molar-refractivity contribution in [2.24, 2.45) is 5.92 Å². The van der Waals surface area contributed by atoms with E-state index in [1.54, 1.807) is 34.1 Å². The van der Waals surface area contributed by atoms with Crippen LogP contribution in [0.5, 0.6) is 0 Å². The normalized spacial score (nSPS) is 20.3. The fourth-order valence-electron chi connectivity index (χ4n) is 4.21. The lowest BCUT2D eigenvalue weighted by Crippen LogP contribution is -2.48. The van der Waals surface area contributed by atoms with Gasteiger partial charge in [-0.2, -0.15) is 0 Å². The molecule has 0 saturated carbocycles.